The molecule has 2 aliphatic rings. The van der Waals surface area contributed by atoms with E-state index in [9.17, 15) is 9.90 Å². The first-order valence-electron chi connectivity index (χ1n) is 6.50. The maximum atomic E-state index is 12.7. The molecule has 0 spiro atoms. The molecule has 0 aliphatic carbocycles. The van der Waals surface area contributed by atoms with Crippen molar-refractivity contribution in [2.24, 2.45) is 7.05 Å². The molecule has 2 bridgehead atoms. The summed E-state index contributed by atoms with van der Waals surface area (Å²) < 4.78 is 1.62. The van der Waals surface area contributed by atoms with E-state index in [0.717, 1.165) is 12.8 Å². The minimum Gasteiger partial charge on any atom is -0.393 e. The fourth-order valence-electron chi connectivity index (χ4n) is 3.36. The normalized spacial score (nSPS) is 29.9. The van der Waals surface area contributed by atoms with E-state index >= 15 is 0 Å². The van der Waals surface area contributed by atoms with Crippen molar-refractivity contribution in [3.05, 3.63) is 21.9 Å². The van der Waals surface area contributed by atoms with Gasteiger partial charge in [0.25, 0.3) is 5.91 Å². The largest absolute Gasteiger partial charge is 0.393 e. The molecule has 104 valence electrons. The molecular weight excluding hydrogens is 287 g/mol. The molecule has 2 fully saturated rings. The zero-order valence-corrected chi connectivity index (χ0v) is 12.2. The fraction of sp³-hybridized carbons (Fsp3) is 0.615. The van der Waals surface area contributed by atoms with Crippen LogP contribution in [-0.2, 0) is 7.05 Å². The minimum absolute atomic E-state index is 0.0318. The summed E-state index contributed by atoms with van der Waals surface area (Å²) in [6, 6.07) is 1.92. The Hall–Kier alpha value is -0.710. The number of aromatic nitrogens is 1. The van der Waals surface area contributed by atoms with Gasteiger partial charge >= 0.3 is 0 Å². The number of halogens is 2. The number of carbonyl (C=O) groups is 1. The molecule has 4 nitrogen and oxygen atoms in total. The van der Waals surface area contributed by atoms with Gasteiger partial charge in [-0.1, -0.05) is 23.2 Å². The number of amides is 1. The highest BCUT2D eigenvalue weighted by Crippen LogP contribution is 2.37. The highest BCUT2D eigenvalue weighted by Gasteiger charge is 2.43. The smallest absolute Gasteiger partial charge is 0.271 e. The third kappa shape index (κ3) is 2.06. The maximum Gasteiger partial charge on any atom is 0.271 e. The van der Waals surface area contributed by atoms with Crippen molar-refractivity contribution in [2.45, 2.75) is 43.9 Å². The molecule has 2 saturated heterocycles. The first kappa shape index (κ1) is 13.3. The lowest BCUT2D eigenvalue weighted by Crippen LogP contribution is -2.48. The Kier molecular flexibility index (Phi) is 3.28. The van der Waals surface area contributed by atoms with Gasteiger partial charge < -0.3 is 14.6 Å². The summed E-state index contributed by atoms with van der Waals surface area (Å²) in [5.41, 5.74) is 0.517. The fourth-order valence-corrected chi connectivity index (χ4v) is 3.74. The number of aliphatic hydroxyl groups is 1. The van der Waals surface area contributed by atoms with Crippen molar-refractivity contribution < 1.29 is 9.90 Å². The van der Waals surface area contributed by atoms with Crippen LogP contribution in [0.15, 0.2) is 6.07 Å². The Bertz CT molecular complexity index is 515. The topological polar surface area (TPSA) is 45.5 Å². The highest BCUT2D eigenvalue weighted by molar-refractivity contribution is 6.41. The predicted octanol–water partition coefficient (Wildman–Crippen LogP) is 2.46. The third-order valence-corrected chi connectivity index (χ3v) is 5.12. The van der Waals surface area contributed by atoms with Crippen LogP contribution in [-0.4, -0.2) is 38.7 Å². The SMILES string of the molecule is Cn1c(C(=O)N2C3CCC2CC(O)C3)cc(Cl)c1Cl. The van der Waals surface area contributed by atoms with Gasteiger partial charge in [0.1, 0.15) is 10.8 Å². The van der Waals surface area contributed by atoms with Crippen molar-refractivity contribution in [1.29, 1.82) is 0 Å². The van der Waals surface area contributed by atoms with Crippen LogP contribution in [0.1, 0.15) is 36.2 Å². The van der Waals surface area contributed by atoms with Crippen LogP contribution in [0.3, 0.4) is 0 Å². The van der Waals surface area contributed by atoms with E-state index in [1.54, 1.807) is 17.7 Å². The van der Waals surface area contributed by atoms with E-state index in [1.807, 2.05) is 4.90 Å². The summed E-state index contributed by atoms with van der Waals surface area (Å²) in [6.07, 6.45) is 3.02. The maximum absolute atomic E-state index is 12.7. The molecule has 3 heterocycles. The Labute approximate surface area is 121 Å². The van der Waals surface area contributed by atoms with Crippen molar-refractivity contribution >= 4 is 29.1 Å². The van der Waals surface area contributed by atoms with Gasteiger partial charge in [-0.15, -0.1) is 0 Å². The molecule has 19 heavy (non-hydrogen) atoms. The van der Waals surface area contributed by atoms with Crippen LogP contribution in [0.25, 0.3) is 0 Å². The van der Waals surface area contributed by atoms with E-state index in [2.05, 4.69) is 0 Å². The lowest BCUT2D eigenvalue weighted by atomic mass is 9.99. The first-order valence-corrected chi connectivity index (χ1v) is 7.26. The second-order valence-electron chi connectivity index (χ2n) is 5.45. The number of rotatable bonds is 1. The molecule has 2 atom stereocenters. The van der Waals surface area contributed by atoms with Crippen molar-refractivity contribution in [3.8, 4) is 0 Å². The van der Waals surface area contributed by atoms with Gasteiger partial charge in [0.15, 0.2) is 0 Å². The van der Waals surface area contributed by atoms with Gasteiger partial charge in [-0.25, -0.2) is 0 Å². The zero-order valence-electron chi connectivity index (χ0n) is 10.6. The lowest BCUT2D eigenvalue weighted by molar-refractivity contribution is 0.0280. The van der Waals surface area contributed by atoms with E-state index in [0.29, 0.717) is 28.7 Å². The molecular formula is C13H16Cl2N2O2. The van der Waals surface area contributed by atoms with Crippen LogP contribution in [0, 0.1) is 0 Å². The van der Waals surface area contributed by atoms with Gasteiger partial charge in [0, 0.05) is 19.1 Å². The second-order valence-corrected chi connectivity index (χ2v) is 6.22. The number of fused-ring (bicyclic) bond motifs is 2. The average Bonchev–Trinajstić information content (AvgIpc) is 2.78. The summed E-state index contributed by atoms with van der Waals surface area (Å²) in [5.74, 6) is -0.0318. The van der Waals surface area contributed by atoms with Crippen LogP contribution in [0.5, 0.6) is 0 Å². The lowest BCUT2D eigenvalue weighted by Gasteiger charge is -2.37. The monoisotopic (exact) mass is 302 g/mol. The van der Waals surface area contributed by atoms with E-state index in [-0.39, 0.29) is 24.1 Å². The summed E-state index contributed by atoms with van der Waals surface area (Å²) >= 11 is 12.0. The summed E-state index contributed by atoms with van der Waals surface area (Å²) in [5, 5.41) is 10.6. The predicted molar refractivity (Wildman–Crippen MR) is 73.7 cm³/mol. The molecule has 1 aromatic heterocycles. The third-order valence-electron chi connectivity index (χ3n) is 4.28. The number of hydrogen-bond donors (Lipinski definition) is 1. The Balaban J connectivity index is 1.91. The molecule has 1 amide bonds. The summed E-state index contributed by atoms with van der Waals surface area (Å²) in [6.45, 7) is 0. The van der Waals surface area contributed by atoms with Crippen molar-refractivity contribution in [3.63, 3.8) is 0 Å². The highest BCUT2D eigenvalue weighted by atomic mass is 35.5. The van der Waals surface area contributed by atoms with Gasteiger partial charge in [-0.2, -0.15) is 0 Å². The number of piperidine rings is 1. The van der Waals surface area contributed by atoms with Crippen molar-refractivity contribution in [1.82, 2.24) is 9.47 Å². The Morgan fingerprint density at radius 3 is 2.37 bits per heavy atom. The number of aliphatic hydroxyl groups excluding tert-OH is 1. The number of carbonyl (C=O) groups excluding carboxylic acids is 1. The minimum atomic E-state index is -0.276. The van der Waals surface area contributed by atoms with E-state index in [1.165, 1.54) is 0 Å². The van der Waals surface area contributed by atoms with Gasteiger partial charge in [0.2, 0.25) is 0 Å². The molecule has 0 aromatic carbocycles. The molecule has 1 N–H and O–H groups in total. The van der Waals surface area contributed by atoms with Crippen LogP contribution in [0.4, 0.5) is 0 Å². The van der Waals surface area contributed by atoms with Gasteiger partial charge in [-0.3, -0.25) is 4.79 Å². The summed E-state index contributed by atoms with van der Waals surface area (Å²) in [4.78, 5) is 14.6. The molecule has 0 saturated carbocycles. The molecule has 0 radical (unpaired) electrons. The van der Waals surface area contributed by atoms with Crippen LogP contribution >= 0.6 is 23.2 Å². The van der Waals surface area contributed by atoms with Crippen molar-refractivity contribution in [2.75, 3.05) is 0 Å². The standard InChI is InChI=1S/C13H16Cl2N2O2/c1-16-11(6-10(14)12(16)15)13(19)17-7-2-3-8(17)5-9(18)4-7/h6-9,18H,2-5H2,1H3. The Morgan fingerprint density at radius 1 is 1.32 bits per heavy atom. The average molecular weight is 303 g/mol. The molecule has 1 aromatic rings. The van der Waals surface area contributed by atoms with Gasteiger partial charge in [-0.05, 0) is 31.7 Å². The van der Waals surface area contributed by atoms with Crippen LogP contribution < -0.4 is 0 Å². The van der Waals surface area contributed by atoms with Gasteiger partial charge in [0.05, 0.1) is 11.1 Å². The quantitative estimate of drug-likeness (QED) is 0.866. The van der Waals surface area contributed by atoms with E-state index < -0.39 is 0 Å². The number of nitrogens with zero attached hydrogens (tertiary/aromatic N) is 2. The Morgan fingerprint density at radius 2 is 1.89 bits per heavy atom. The van der Waals surface area contributed by atoms with E-state index in [4.69, 9.17) is 23.2 Å². The molecule has 6 heteroatoms. The first-order chi connectivity index (χ1) is 8.99. The molecule has 2 unspecified atom stereocenters. The molecule has 3 rings (SSSR count). The zero-order chi connectivity index (χ0) is 13.7. The van der Waals surface area contributed by atoms with Crippen LogP contribution in [0.2, 0.25) is 10.2 Å². The summed E-state index contributed by atoms with van der Waals surface area (Å²) in [7, 11) is 1.74. The molecule has 2 aliphatic heterocycles. The number of hydrogen-bond acceptors (Lipinski definition) is 2. The second kappa shape index (κ2) is 4.69.